The van der Waals surface area contributed by atoms with Crippen LogP contribution in [0.5, 0.6) is 0 Å². The molecule has 5 nitrogen and oxygen atoms in total. The van der Waals surface area contributed by atoms with Crippen molar-refractivity contribution in [3.63, 3.8) is 0 Å². The summed E-state index contributed by atoms with van der Waals surface area (Å²) in [4.78, 5) is 20.4. The van der Waals surface area contributed by atoms with Gasteiger partial charge in [-0.15, -0.1) is 23.1 Å². The van der Waals surface area contributed by atoms with Crippen molar-refractivity contribution < 1.29 is 15.0 Å². The van der Waals surface area contributed by atoms with E-state index in [1.165, 1.54) is 11.8 Å². The van der Waals surface area contributed by atoms with Gasteiger partial charge in [-0.3, -0.25) is 4.79 Å². The van der Waals surface area contributed by atoms with E-state index in [0.29, 0.717) is 29.2 Å². The van der Waals surface area contributed by atoms with Gasteiger partial charge in [0.1, 0.15) is 11.1 Å². The minimum atomic E-state index is -0.969. The van der Waals surface area contributed by atoms with Gasteiger partial charge in [-0.25, -0.2) is 4.98 Å². The fourth-order valence-electron chi connectivity index (χ4n) is 11.0. The van der Waals surface area contributed by atoms with Crippen LogP contribution in [0, 0.1) is 58.7 Å². The zero-order valence-corrected chi connectivity index (χ0v) is 28.7. The number of hydrogen-bond donors (Lipinski definition) is 2. The molecule has 8 unspecified atom stereocenters. The molecule has 0 saturated heterocycles. The fraction of sp³-hybridized carbons (Fsp3) is 0.513. The first-order valence-electron chi connectivity index (χ1n) is 16.8. The van der Waals surface area contributed by atoms with Gasteiger partial charge >= 0.3 is 0 Å². The number of Topliss-reactive ketones (excluding diaryl/α,β-unsaturated/α-hetero) is 1. The van der Waals surface area contributed by atoms with Crippen molar-refractivity contribution in [1.29, 1.82) is 5.26 Å². The molecule has 238 valence electrons. The van der Waals surface area contributed by atoms with Crippen LogP contribution in [-0.4, -0.2) is 38.4 Å². The average molecular weight is 651 g/mol. The zero-order chi connectivity index (χ0) is 32.3. The van der Waals surface area contributed by atoms with Crippen molar-refractivity contribution in [2.24, 2.45) is 33.5 Å². The maximum atomic E-state index is 14.9. The fourth-order valence-corrected chi connectivity index (χ4v) is 13.5. The maximum absolute atomic E-state index is 14.9. The summed E-state index contributed by atoms with van der Waals surface area (Å²) in [6.07, 6.45) is 12.4. The number of hydrogen-bond acceptors (Lipinski definition) is 7. The Bertz CT molecular complexity index is 1870. The minimum Gasteiger partial charge on any atom is -0.393 e. The summed E-state index contributed by atoms with van der Waals surface area (Å²) in [6, 6.07) is 14.5. The summed E-state index contributed by atoms with van der Waals surface area (Å²) in [5.41, 5.74) is 0.991. The number of carbonyl (C=O) groups is 1. The number of carbonyl (C=O) groups excluding carboxylic acids is 1. The van der Waals surface area contributed by atoms with Crippen LogP contribution >= 0.6 is 23.1 Å². The highest BCUT2D eigenvalue weighted by atomic mass is 32.2. The summed E-state index contributed by atoms with van der Waals surface area (Å²) in [6.45, 7) is 8.60. The SMILES string of the molecule is Cc1cc(C)c(C#N)c(SCC2(O)CCC3C45C=CC6(C=C4C(=O)c4cc7ccccc7s4)CC(O)CCC6(C)C5CCC32C)n1. The normalized spacial score (nSPS) is 39.0. The molecule has 2 heterocycles. The third-order valence-corrected chi connectivity index (χ3v) is 15.8. The lowest BCUT2D eigenvalue weighted by Crippen LogP contribution is -2.67. The number of aromatic nitrogens is 1. The summed E-state index contributed by atoms with van der Waals surface area (Å²) < 4.78 is 1.12. The summed E-state index contributed by atoms with van der Waals surface area (Å²) in [5, 5.41) is 35.4. The first kappa shape index (κ1) is 30.6. The van der Waals surface area contributed by atoms with E-state index in [9.17, 15) is 20.3 Å². The molecule has 46 heavy (non-hydrogen) atoms. The topological polar surface area (TPSA) is 94.2 Å². The maximum Gasteiger partial charge on any atom is 0.199 e. The van der Waals surface area contributed by atoms with E-state index in [0.717, 1.165) is 63.9 Å². The number of fused-ring (bicyclic) bond motifs is 2. The first-order valence-corrected chi connectivity index (χ1v) is 18.6. The van der Waals surface area contributed by atoms with Gasteiger partial charge in [0.25, 0.3) is 0 Å². The van der Waals surface area contributed by atoms with Gasteiger partial charge in [-0.1, -0.05) is 50.3 Å². The smallest absolute Gasteiger partial charge is 0.199 e. The van der Waals surface area contributed by atoms with Gasteiger partial charge in [0, 0.05) is 38.0 Å². The Balaban J connectivity index is 1.23. The van der Waals surface area contributed by atoms with Gasteiger partial charge in [0.2, 0.25) is 0 Å². The summed E-state index contributed by atoms with van der Waals surface area (Å²) >= 11 is 3.08. The third-order valence-electron chi connectivity index (χ3n) is 13.5. The molecule has 7 heteroatoms. The zero-order valence-electron chi connectivity index (χ0n) is 27.1. The Morgan fingerprint density at radius 1 is 1.07 bits per heavy atom. The Morgan fingerprint density at radius 2 is 1.80 bits per heavy atom. The van der Waals surface area contributed by atoms with Crippen molar-refractivity contribution in [2.45, 2.75) is 89.4 Å². The number of ketones is 1. The van der Waals surface area contributed by atoms with Crippen molar-refractivity contribution in [3.8, 4) is 6.07 Å². The van der Waals surface area contributed by atoms with E-state index in [1.807, 2.05) is 32.0 Å². The molecular weight excluding hydrogens is 609 g/mol. The van der Waals surface area contributed by atoms with Crippen molar-refractivity contribution in [1.82, 2.24) is 4.98 Å². The Morgan fingerprint density at radius 3 is 2.59 bits per heavy atom. The highest BCUT2D eigenvalue weighted by Crippen LogP contribution is 2.78. The van der Waals surface area contributed by atoms with Crippen LogP contribution in [-0.2, 0) is 0 Å². The molecule has 6 aliphatic rings. The molecule has 2 spiro atoms. The van der Waals surface area contributed by atoms with Gasteiger partial charge in [-0.2, -0.15) is 5.26 Å². The van der Waals surface area contributed by atoms with Gasteiger partial charge in [-0.05, 0) is 105 Å². The number of aliphatic hydroxyl groups is 2. The molecule has 0 aliphatic heterocycles. The van der Waals surface area contributed by atoms with E-state index in [-0.39, 0.29) is 34.6 Å². The summed E-state index contributed by atoms with van der Waals surface area (Å²) in [5.74, 6) is 0.931. The number of aliphatic hydroxyl groups excluding tert-OH is 1. The van der Waals surface area contributed by atoms with E-state index in [4.69, 9.17) is 4.98 Å². The number of pyridine rings is 1. The Hall–Kier alpha value is -2.76. The van der Waals surface area contributed by atoms with Crippen molar-refractivity contribution >= 4 is 39.0 Å². The van der Waals surface area contributed by atoms with Crippen LogP contribution in [0.1, 0.15) is 85.3 Å². The number of thiophene rings is 1. The molecule has 8 atom stereocenters. The molecule has 2 N–H and O–H groups in total. The van der Waals surface area contributed by atoms with Crippen LogP contribution in [0.2, 0.25) is 0 Å². The number of nitriles is 1. The van der Waals surface area contributed by atoms with Crippen LogP contribution in [0.3, 0.4) is 0 Å². The number of benzene rings is 1. The number of thioether (sulfide) groups is 1. The summed E-state index contributed by atoms with van der Waals surface area (Å²) in [7, 11) is 0. The second kappa shape index (κ2) is 10.1. The lowest BCUT2D eigenvalue weighted by Gasteiger charge is -2.71. The highest BCUT2D eigenvalue weighted by Gasteiger charge is 2.74. The molecule has 2 bridgehead atoms. The molecule has 0 amide bonds. The predicted molar refractivity (Wildman–Crippen MR) is 184 cm³/mol. The minimum absolute atomic E-state index is 0.0631. The third kappa shape index (κ3) is 3.88. The molecule has 0 radical (unpaired) electrons. The van der Waals surface area contributed by atoms with E-state index < -0.39 is 16.4 Å². The standard InChI is InChI=1S/C39H42N2O3S2/c1-23-17-24(2)41-34(27(23)21-40)45-22-38(44)14-11-32-36(38,4)13-10-31-35(3)12-9-26(42)19-37(35)15-16-39(31,32)28(20-37)33(43)30-18-25-7-5-6-8-29(25)46-30/h5-8,15-18,20,26,31-32,42,44H,9-14,19,22H2,1-4H3. The van der Waals surface area contributed by atoms with E-state index >= 15 is 0 Å². The monoisotopic (exact) mass is 650 g/mol. The second-order valence-electron chi connectivity index (χ2n) is 15.4. The number of allylic oxidation sites excluding steroid dienone is 4. The molecule has 2 aromatic heterocycles. The molecule has 3 aromatic rings. The van der Waals surface area contributed by atoms with Gasteiger partial charge in [0.15, 0.2) is 5.78 Å². The van der Waals surface area contributed by atoms with Crippen LogP contribution < -0.4 is 0 Å². The molecule has 6 aliphatic carbocycles. The van der Waals surface area contributed by atoms with Gasteiger partial charge < -0.3 is 10.2 Å². The Labute approximate surface area is 279 Å². The quantitative estimate of drug-likeness (QED) is 0.164. The number of rotatable bonds is 5. The van der Waals surface area contributed by atoms with Gasteiger partial charge in [0.05, 0.1) is 22.1 Å². The van der Waals surface area contributed by atoms with Crippen molar-refractivity contribution in [3.05, 3.63) is 81.9 Å². The second-order valence-corrected chi connectivity index (χ2v) is 17.5. The molecule has 3 saturated carbocycles. The van der Waals surface area contributed by atoms with Crippen LogP contribution in [0.15, 0.2) is 65.2 Å². The molecule has 9 rings (SSSR count). The molecular formula is C39H42N2O3S2. The number of aryl methyl sites for hydroxylation is 2. The largest absolute Gasteiger partial charge is 0.393 e. The van der Waals surface area contributed by atoms with Crippen LogP contribution in [0.25, 0.3) is 10.1 Å². The molecule has 1 aromatic carbocycles. The molecule has 3 fully saturated rings. The van der Waals surface area contributed by atoms with Crippen LogP contribution in [0.4, 0.5) is 0 Å². The van der Waals surface area contributed by atoms with Crippen molar-refractivity contribution in [2.75, 3.05) is 5.75 Å². The van der Waals surface area contributed by atoms with E-state index in [1.54, 1.807) is 11.3 Å². The number of nitrogens with zero attached hydrogens (tertiary/aromatic N) is 2. The first-order chi connectivity index (χ1) is 21.9. The lowest BCUT2D eigenvalue weighted by molar-refractivity contribution is -0.166. The highest BCUT2D eigenvalue weighted by molar-refractivity contribution is 7.99. The average Bonchev–Trinajstić information content (AvgIpc) is 3.58. The Kier molecular flexibility index (Phi) is 6.73. The predicted octanol–water partition coefficient (Wildman–Crippen LogP) is 8.35. The lowest BCUT2D eigenvalue weighted by atomic mass is 9.33. The van der Waals surface area contributed by atoms with E-state index in [2.05, 4.69) is 56.3 Å².